The average molecular weight is 349 g/mol. The van der Waals surface area contributed by atoms with Crippen molar-refractivity contribution in [1.29, 1.82) is 0 Å². The SMILES string of the molecule is CCCNCc1cc(S(=O)(=O)N(C)C2CCSC2)c(C)s1. The van der Waals surface area contributed by atoms with Gasteiger partial charge in [-0.05, 0) is 38.1 Å². The lowest BCUT2D eigenvalue weighted by Gasteiger charge is -2.22. The molecule has 1 aromatic rings. The van der Waals surface area contributed by atoms with Gasteiger partial charge in [0.2, 0.25) is 10.0 Å². The van der Waals surface area contributed by atoms with Crippen molar-refractivity contribution in [2.45, 2.75) is 44.2 Å². The lowest BCUT2D eigenvalue weighted by Crippen LogP contribution is -2.37. The zero-order chi connectivity index (χ0) is 15.5. The summed E-state index contributed by atoms with van der Waals surface area (Å²) in [4.78, 5) is 2.47. The van der Waals surface area contributed by atoms with Crippen LogP contribution in [0.2, 0.25) is 0 Å². The first-order chi connectivity index (χ1) is 9.96. The summed E-state index contributed by atoms with van der Waals surface area (Å²) in [7, 11) is -1.64. The van der Waals surface area contributed by atoms with Gasteiger partial charge in [0.25, 0.3) is 0 Å². The summed E-state index contributed by atoms with van der Waals surface area (Å²) in [6, 6.07) is 1.98. The molecule has 1 fully saturated rings. The van der Waals surface area contributed by atoms with Gasteiger partial charge in [0.1, 0.15) is 0 Å². The lowest BCUT2D eigenvalue weighted by atomic mass is 10.3. The van der Waals surface area contributed by atoms with Crippen molar-refractivity contribution >= 4 is 33.1 Å². The number of hydrogen-bond donors (Lipinski definition) is 1. The number of aryl methyl sites for hydroxylation is 1. The summed E-state index contributed by atoms with van der Waals surface area (Å²) < 4.78 is 27.1. The van der Waals surface area contributed by atoms with Gasteiger partial charge in [-0.1, -0.05) is 6.92 Å². The van der Waals surface area contributed by atoms with Crippen molar-refractivity contribution in [3.63, 3.8) is 0 Å². The smallest absolute Gasteiger partial charge is 0.244 e. The molecule has 1 atom stereocenters. The molecule has 1 N–H and O–H groups in total. The zero-order valence-electron chi connectivity index (χ0n) is 12.9. The molecule has 0 spiro atoms. The molecule has 1 aromatic heterocycles. The number of thiophene rings is 1. The van der Waals surface area contributed by atoms with Crippen LogP contribution in [0, 0.1) is 6.92 Å². The van der Waals surface area contributed by atoms with Gasteiger partial charge >= 0.3 is 0 Å². The van der Waals surface area contributed by atoms with Crippen molar-refractivity contribution in [1.82, 2.24) is 9.62 Å². The van der Waals surface area contributed by atoms with Crippen molar-refractivity contribution in [3.05, 3.63) is 15.8 Å². The van der Waals surface area contributed by atoms with E-state index in [1.54, 1.807) is 22.7 Å². The Hall–Kier alpha value is -0.0800. The molecule has 7 heteroatoms. The number of thioether (sulfide) groups is 1. The van der Waals surface area contributed by atoms with Crippen LogP contribution in [0.5, 0.6) is 0 Å². The minimum absolute atomic E-state index is 0.140. The number of hydrogen-bond acceptors (Lipinski definition) is 5. The summed E-state index contributed by atoms with van der Waals surface area (Å²) >= 11 is 3.41. The van der Waals surface area contributed by atoms with Gasteiger partial charge in [0, 0.05) is 35.1 Å². The minimum atomic E-state index is -3.36. The molecule has 0 aliphatic carbocycles. The highest BCUT2D eigenvalue weighted by Crippen LogP contribution is 2.31. The van der Waals surface area contributed by atoms with Crippen LogP contribution in [0.3, 0.4) is 0 Å². The highest BCUT2D eigenvalue weighted by molar-refractivity contribution is 7.99. The number of nitrogens with one attached hydrogen (secondary N) is 1. The molecule has 0 saturated carbocycles. The fourth-order valence-electron chi connectivity index (χ4n) is 2.42. The Morgan fingerprint density at radius 1 is 1.48 bits per heavy atom. The Bertz CT molecular complexity index is 563. The van der Waals surface area contributed by atoms with Crippen LogP contribution in [0.4, 0.5) is 0 Å². The van der Waals surface area contributed by atoms with Crippen LogP contribution in [0.1, 0.15) is 29.5 Å². The van der Waals surface area contributed by atoms with E-state index in [0.29, 0.717) is 4.90 Å². The molecule has 0 amide bonds. The molecule has 0 bridgehead atoms. The van der Waals surface area contributed by atoms with Gasteiger partial charge in [-0.3, -0.25) is 0 Å². The first-order valence-corrected chi connectivity index (χ1v) is 10.7. The van der Waals surface area contributed by atoms with Crippen LogP contribution in [0.15, 0.2) is 11.0 Å². The fourth-order valence-corrected chi connectivity index (χ4v) is 6.73. The third-order valence-electron chi connectivity index (χ3n) is 3.73. The van der Waals surface area contributed by atoms with E-state index in [-0.39, 0.29) is 6.04 Å². The molecule has 1 saturated heterocycles. The normalized spacial score (nSPS) is 19.5. The average Bonchev–Trinajstić information content (AvgIpc) is 3.08. The Kier molecular flexibility index (Phi) is 6.14. The van der Waals surface area contributed by atoms with Gasteiger partial charge in [0.05, 0.1) is 4.90 Å². The maximum atomic E-state index is 12.8. The molecule has 120 valence electrons. The van der Waals surface area contributed by atoms with E-state index in [0.717, 1.165) is 47.2 Å². The van der Waals surface area contributed by atoms with Gasteiger partial charge in [-0.2, -0.15) is 16.1 Å². The monoisotopic (exact) mass is 348 g/mol. The predicted octanol–water partition coefficient (Wildman–Crippen LogP) is 2.68. The maximum absolute atomic E-state index is 12.8. The standard InChI is InChI=1S/C14H24N2O2S3/c1-4-6-15-9-13-8-14(11(2)20-13)21(17,18)16(3)12-5-7-19-10-12/h8,12,15H,4-7,9-10H2,1-3H3. The summed E-state index contributed by atoms with van der Waals surface area (Å²) in [6.07, 6.45) is 2.03. The second kappa shape index (κ2) is 7.46. The second-order valence-electron chi connectivity index (χ2n) is 5.35. The first kappa shape index (κ1) is 17.3. The van der Waals surface area contributed by atoms with E-state index >= 15 is 0 Å². The van der Waals surface area contributed by atoms with Crippen LogP contribution >= 0.6 is 23.1 Å². The largest absolute Gasteiger partial charge is 0.312 e. The first-order valence-electron chi connectivity index (χ1n) is 7.32. The Balaban J connectivity index is 2.15. The van der Waals surface area contributed by atoms with Crippen LogP contribution in [-0.2, 0) is 16.6 Å². The molecular formula is C14H24N2O2S3. The molecule has 1 aliphatic rings. The van der Waals surface area contributed by atoms with E-state index in [1.807, 2.05) is 24.8 Å². The van der Waals surface area contributed by atoms with Crippen molar-refractivity contribution in [3.8, 4) is 0 Å². The number of nitrogens with zero attached hydrogens (tertiary/aromatic N) is 1. The third kappa shape index (κ3) is 4.01. The number of sulfonamides is 1. The molecule has 2 heterocycles. The van der Waals surface area contributed by atoms with Crippen LogP contribution in [0.25, 0.3) is 0 Å². The highest BCUT2D eigenvalue weighted by Gasteiger charge is 2.32. The van der Waals surface area contributed by atoms with E-state index in [4.69, 9.17) is 0 Å². The highest BCUT2D eigenvalue weighted by atomic mass is 32.2. The molecular weight excluding hydrogens is 324 g/mol. The Morgan fingerprint density at radius 3 is 2.86 bits per heavy atom. The summed E-state index contributed by atoms with van der Waals surface area (Å²) in [5, 5.41) is 3.33. The third-order valence-corrected chi connectivity index (χ3v) is 8.09. The van der Waals surface area contributed by atoms with Gasteiger partial charge in [0.15, 0.2) is 0 Å². The fraction of sp³-hybridized carbons (Fsp3) is 0.714. The van der Waals surface area contributed by atoms with Gasteiger partial charge < -0.3 is 5.32 Å². The summed E-state index contributed by atoms with van der Waals surface area (Å²) in [5.41, 5.74) is 0. The van der Waals surface area contributed by atoms with Crippen molar-refractivity contribution in [2.75, 3.05) is 25.1 Å². The quantitative estimate of drug-likeness (QED) is 0.770. The van der Waals surface area contributed by atoms with Crippen molar-refractivity contribution in [2.24, 2.45) is 0 Å². The van der Waals surface area contributed by atoms with Crippen LogP contribution < -0.4 is 5.32 Å². The van der Waals surface area contributed by atoms with E-state index in [2.05, 4.69) is 12.2 Å². The van der Waals surface area contributed by atoms with E-state index < -0.39 is 10.0 Å². The summed E-state index contributed by atoms with van der Waals surface area (Å²) in [5.74, 6) is 1.96. The molecule has 0 radical (unpaired) electrons. The molecule has 21 heavy (non-hydrogen) atoms. The van der Waals surface area contributed by atoms with Gasteiger partial charge in [-0.15, -0.1) is 11.3 Å². The Morgan fingerprint density at radius 2 is 2.24 bits per heavy atom. The minimum Gasteiger partial charge on any atom is -0.312 e. The van der Waals surface area contributed by atoms with Crippen molar-refractivity contribution < 1.29 is 8.42 Å². The van der Waals surface area contributed by atoms with Gasteiger partial charge in [-0.25, -0.2) is 8.42 Å². The lowest BCUT2D eigenvalue weighted by molar-refractivity contribution is 0.394. The number of rotatable bonds is 7. The molecule has 4 nitrogen and oxygen atoms in total. The predicted molar refractivity (Wildman–Crippen MR) is 91.7 cm³/mol. The van der Waals surface area contributed by atoms with E-state index in [1.165, 1.54) is 0 Å². The molecule has 1 aliphatic heterocycles. The zero-order valence-corrected chi connectivity index (χ0v) is 15.3. The topological polar surface area (TPSA) is 49.4 Å². The van der Waals surface area contributed by atoms with Crippen LogP contribution in [-0.4, -0.2) is 43.9 Å². The molecule has 0 aromatic carbocycles. The van der Waals surface area contributed by atoms with E-state index in [9.17, 15) is 8.42 Å². The molecule has 1 unspecified atom stereocenters. The maximum Gasteiger partial charge on any atom is 0.244 e. The Labute approximate surface area is 136 Å². The summed E-state index contributed by atoms with van der Waals surface area (Å²) in [6.45, 7) is 5.73. The second-order valence-corrected chi connectivity index (χ2v) is 9.81. The molecule has 2 rings (SSSR count).